The highest BCUT2D eigenvalue weighted by Crippen LogP contribution is 2.46. The molecule has 0 spiro atoms. The second kappa shape index (κ2) is 3.05. The SMILES string of the molecule is O=C(O)N1C(=O)[C@H]2CC(=CF)[C@@H]1[C@@H]2Br. The lowest BCUT2D eigenvalue weighted by molar-refractivity contribution is -0.130. The van der Waals surface area contributed by atoms with E-state index >= 15 is 0 Å². The summed E-state index contributed by atoms with van der Waals surface area (Å²) < 4.78 is 12.4. The van der Waals surface area contributed by atoms with Crippen molar-refractivity contribution < 1.29 is 19.1 Å². The molecular weight excluding hydrogens is 257 g/mol. The van der Waals surface area contributed by atoms with Gasteiger partial charge in [-0.15, -0.1) is 0 Å². The summed E-state index contributed by atoms with van der Waals surface area (Å²) in [6, 6.07) is -0.657. The lowest BCUT2D eigenvalue weighted by Crippen LogP contribution is -2.42. The zero-order valence-corrected chi connectivity index (χ0v) is 8.57. The van der Waals surface area contributed by atoms with Gasteiger partial charge < -0.3 is 5.11 Å². The minimum Gasteiger partial charge on any atom is -0.465 e. The summed E-state index contributed by atoms with van der Waals surface area (Å²) in [7, 11) is 0. The third kappa shape index (κ3) is 1.03. The number of carbonyl (C=O) groups excluding carboxylic acids is 1. The van der Waals surface area contributed by atoms with Gasteiger partial charge in [-0.25, -0.2) is 14.1 Å². The molecule has 0 unspecified atom stereocenters. The Labute approximate surface area is 87.5 Å². The Bertz CT molecular complexity index is 343. The molecule has 1 saturated carbocycles. The van der Waals surface area contributed by atoms with Crippen LogP contribution in [0.1, 0.15) is 6.42 Å². The van der Waals surface area contributed by atoms with Crippen LogP contribution in [0.2, 0.25) is 0 Å². The fourth-order valence-electron chi connectivity index (χ4n) is 2.08. The van der Waals surface area contributed by atoms with Crippen molar-refractivity contribution >= 4 is 27.9 Å². The van der Waals surface area contributed by atoms with E-state index in [1.807, 2.05) is 0 Å². The van der Waals surface area contributed by atoms with E-state index < -0.39 is 24.0 Å². The average Bonchev–Trinajstić information content (AvgIpc) is 2.56. The standard InChI is InChI=1S/C8H7BrFNO3/c9-5-4-1-3(2-10)6(5)11(7(4)12)8(13)14/h2,4-6H,1H2,(H,13,14)/t4-,5+,6+/m0/s1. The van der Waals surface area contributed by atoms with Gasteiger partial charge in [-0.3, -0.25) is 4.79 Å². The fourth-order valence-corrected chi connectivity index (χ4v) is 3.07. The van der Waals surface area contributed by atoms with Crippen LogP contribution in [0.3, 0.4) is 0 Å². The number of nitrogens with zero attached hydrogens (tertiary/aromatic N) is 1. The second-order valence-electron chi connectivity index (χ2n) is 3.37. The summed E-state index contributed by atoms with van der Waals surface area (Å²) in [5.74, 6) is -0.868. The highest BCUT2D eigenvalue weighted by atomic mass is 79.9. The minimum absolute atomic E-state index is 0.284. The number of alkyl halides is 1. The quantitative estimate of drug-likeness (QED) is 0.675. The highest BCUT2D eigenvalue weighted by Gasteiger charge is 2.56. The van der Waals surface area contributed by atoms with Gasteiger partial charge in [0.1, 0.15) is 0 Å². The lowest BCUT2D eigenvalue weighted by Gasteiger charge is -2.23. The fraction of sp³-hybridized carbons (Fsp3) is 0.500. The largest absolute Gasteiger partial charge is 0.465 e. The molecule has 2 aliphatic rings. The number of carbonyl (C=O) groups is 2. The summed E-state index contributed by atoms with van der Waals surface area (Å²) in [6.45, 7) is 0. The molecule has 14 heavy (non-hydrogen) atoms. The molecule has 0 aromatic heterocycles. The Hall–Kier alpha value is -0.910. The number of rotatable bonds is 0. The monoisotopic (exact) mass is 263 g/mol. The third-order valence-corrected chi connectivity index (χ3v) is 3.84. The van der Waals surface area contributed by atoms with E-state index in [1.165, 1.54) is 0 Å². The number of fused-ring (bicyclic) bond motifs is 2. The minimum atomic E-state index is -1.31. The molecule has 4 nitrogen and oxygen atoms in total. The van der Waals surface area contributed by atoms with E-state index in [9.17, 15) is 14.0 Å². The summed E-state index contributed by atoms with van der Waals surface area (Å²) in [5, 5.41) is 8.77. The maximum atomic E-state index is 12.4. The Morgan fingerprint density at radius 3 is 2.79 bits per heavy atom. The van der Waals surface area contributed by atoms with E-state index in [0.29, 0.717) is 23.2 Å². The van der Waals surface area contributed by atoms with Crippen molar-refractivity contribution in [1.82, 2.24) is 4.90 Å². The Morgan fingerprint density at radius 1 is 1.71 bits per heavy atom. The molecule has 2 bridgehead atoms. The maximum Gasteiger partial charge on any atom is 0.414 e. The predicted molar refractivity (Wildman–Crippen MR) is 48.7 cm³/mol. The first-order valence-electron chi connectivity index (χ1n) is 4.07. The molecule has 3 atom stereocenters. The topological polar surface area (TPSA) is 57.6 Å². The molecule has 0 aromatic rings. The number of hydrogen-bond acceptors (Lipinski definition) is 2. The van der Waals surface area contributed by atoms with Crippen molar-refractivity contribution in [2.75, 3.05) is 0 Å². The number of imide groups is 1. The molecule has 6 heteroatoms. The number of piperidine rings is 1. The van der Waals surface area contributed by atoms with E-state index in [1.54, 1.807) is 0 Å². The van der Waals surface area contributed by atoms with Crippen LogP contribution in [0.25, 0.3) is 0 Å². The van der Waals surface area contributed by atoms with Crippen LogP contribution < -0.4 is 0 Å². The summed E-state index contributed by atoms with van der Waals surface area (Å²) in [4.78, 5) is 22.6. The Morgan fingerprint density at radius 2 is 2.36 bits per heavy atom. The van der Waals surface area contributed by atoms with Crippen molar-refractivity contribution in [2.45, 2.75) is 17.3 Å². The van der Waals surface area contributed by atoms with Crippen LogP contribution in [-0.2, 0) is 4.79 Å². The molecular formula is C8H7BrFNO3. The number of carboxylic acid groups (broad SMARTS) is 1. The van der Waals surface area contributed by atoms with Crippen LogP contribution >= 0.6 is 15.9 Å². The number of amides is 2. The maximum absolute atomic E-state index is 12.4. The highest BCUT2D eigenvalue weighted by molar-refractivity contribution is 9.09. The molecule has 0 radical (unpaired) electrons. The Balaban J connectivity index is 2.40. The average molecular weight is 264 g/mol. The number of halogens is 2. The first-order chi connectivity index (χ1) is 6.57. The van der Waals surface area contributed by atoms with Crippen LogP contribution in [-0.4, -0.2) is 32.9 Å². The van der Waals surface area contributed by atoms with Crippen LogP contribution in [0.4, 0.5) is 9.18 Å². The van der Waals surface area contributed by atoms with Crippen LogP contribution in [0.5, 0.6) is 0 Å². The van der Waals surface area contributed by atoms with Gasteiger partial charge in [-0.2, -0.15) is 0 Å². The molecule has 76 valence electrons. The number of likely N-dealkylation sites (tertiary alicyclic amines) is 1. The van der Waals surface area contributed by atoms with Crippen molar-refractivity contribution in [3.63, 3.8) is 0 Å². The van der Waals surface area contributed by atoms with E-state index in [-0.39, 0.29) is 4.83 Å². The van der Waals surface area contributed by atoms with Gasteiger partial charge in [-0.05, 0) is 12.0 Å². The normalized spacial score (nSPS) is 38.4. The van der Waals surface area contributed by atoms with E-state index in [0.717, 1.165) is 0 Å². The van der Waals surface area contributed by atoms with Gasteiger partial charge in [0.05, 0.1) is 23.1 Å². The molecule has 1 aliphatic carbocycles. The van der Waals surface area contributed by atoms with Gasteiger partial charge in [0.25, 0.3) is 0 Å². The van der Waals surface area contributed by atoms with Crippen LogP contribution in [0, 0.1) is 5.92 Å². The molecule has 0 aromatic carbocycles. The summed E-state index contributed by atoms with van der Waals surface area (Å²) in [6.07, 6.45) is -0.591. The van der Waals surface area contributed by atoms with Crippen molar-refractivity contribution in [1.29, 1.82) is 0 Å². The molecule has 1 heterocycles. The second-order valence-corrected chi connectivity index (χ2v) is 4.43. The van der Waals surface area contributed by atoms with Crippen LogP contribution in [0.15, 0.2) is 11.9 Å². The number of hydrogen-bond donors (Lipinski definition) is 1. The summed E-state index contributed by atoms with van der Waals surface area (Å²) in [5.41, 5.74) is 0.374. The first kappa shape index (κ1) is 9.64. The third-order valence-electron chi connectivity index (χ3n) is 2.70. The molecule has 1 N–H and O–H groups in total. The predicted octanol–water partition coefficient (Wildman–Crippen LogP) is 1.51. The Kier molecular flexibility index (Phi) is 2.10. The zero-order chi connectivity index (χ0) is 10.5. The zero-order valence-electron chi connectivity index (χ0n) is 6.98. The van der Waals surface area contributed by atoms with Crippen molar-refractivity contribution in [2.24, 2.45) is 5.92 Å². The smallest absolute Gasteiger partial charge is 0.414 e. The van der Waals surface area contributed by atoms with Gasteiger partial charge >= 0.3 is 6.09 Å². The molecule has 1 saturated heterocycles. The van der Waals surface area contributed by atoms with E-state index in [4.69, 9.17) is 5.11 Å². The van der Waals surface area contributed by atoms with Crippen molar-refractivity contribution in [3.8, 4) is 0 Å². The molecule has 2 rings (SSSR count). The molecule has 2 fully saturated rings. The molecule has 2 amide bonds. The lowest BCUT2D eigenvalue weighted by atomic mass is 10.1. The van der Waals surface area contributed by atoms with Gasteiger partial charge in [0.15, 0.2) is 0 Å². The van der Waals surface area contributed by atoms with Gasteiger partial charge in [-0.1, -0.05) is 15.9 Å². The summed E-state index contributed by atoms with van der Waals surface area (Å²) >= 11 is 3.23. The van der Waals surface area contributed by atoms with Crippen molar-refractivity contribution in [3.05, 3.63) is 11.9 Å². The van der Waals surface area contributed by atoms with Gasteiger partial charge in [0.2, 0.25) is 5.91 Å². The first-order valence-corrected chi connectivity index (χ1v) is 4.98. The van der Waals surface area contributed by atoms with E-state index in [2.05, 4.69) is 15.9 Å². The molecule has 1 aliphatic heterocycles. The van der Waals surface area contributed by atoms with Gasteiger partial charge in [0, 0.05) is 0 Å².